The van der Waals surface area contributed by atoms with Gasteiger partial charge in [0, 0.05) is 57.6 Å². The fraction of sp³-hybridized carbons (Fsp3) is 0.538. The van der Waals surface area contributed by atoms with Crippen molar-refractivity contribution in [1.29, 1.82) is 0 Å². The Bertz CT molecular complexity index is 828. The highest BCUT2D eigenvalue weighted by Crippen LogP contribution is 2.22. The third-order valence-electron chi connectivity index (χ3n) is 6.51. The average Bonchev–Trinajstić information content (AvgIpc) is 2.80. The van der Waals surface area contributed by atoms with Crippen LogP contribution in [-0.2, 0) is 6.42 Å². The molecule has 0 saturated carbocycles. The van der Waals surface area contributed by atoms with Crippen molar-refractivity contribution >= 4 is 11.7 Å². The maximum Gasteiger partial charge on any atom is 0.253 e. The summed E-state index contributed by atoms with van der Waals surface area (Å²) < 4.78 is 0. The van der Waals surface area contributed by atoms with Crippen molar-refractivity contribution in [2.45, 2.75) is 33.1 Å². The summed E-state index contributed by atoms with van der Waals surface area (Å²) in [5.41, 5.74) is 2.14. The highest BCUT2D eigenvalue weighted by atomic mass is 16.2. The van der Waals surface area contributed by atoms with Gasteiger partial charge < -0.3 is 9.80 Å². The molecule has 2 aromatic rings. The summed E-state index contributed by atoms with van der Waals surface area (Å²) >= 11 is 0. The van der Waals surface area contributed by atoms with Crippen molar-refractivity contribution < 1.29 is 4.79 Å². The van der Waals surface area contributed by atoms with Crippen LogP contribution in [0.1, 0.15) is 42.6 Å². The van der Waals surface area contributed by atoms with Crippen LogP contribution in [0.4, 0.5) is 5.82 Å². The second-order valence-electron chi connectivity index (χ2n) is 9.53. The highest BCUT2D eigenvalue weighted by Gasteiger charge is 2.27. The fourth-order valence-electron chi connectivity index (χ4n) is 4.90. The molecule has 2 aliphatic heterocycles. The minimum atomic E-state index is 0.195. The van der Waals surface area contributed by atoms with Gasteiger partial charge in [-0.3, -0.25) is 9.69 Å². The molecule has 0 radical (unpaired) electrons. The number of carbonyl (C=O) groups is 1. The number of hydrogen-bond acceptors (Lipinski definition) is 4. The van der Waals surface area contributed by atoms with E-state index < -0.39 is 0 Å². The zero-order valence-electron chi connectivity index (χ0n) is 19.0. The van der Waals surface area contributed by atoms with Gasteiger partial charge in [0.1, 0.15) is 5.82 Å². The summed E-state index contributed by atoms with van der Waals surface area (Å²) in [7, 11) is 0. The number of pyridine rings is 1. The number of amides is 1. The van der Waals surface area contributed by atoms with E-state index in [-0.39, 0.29) is 5.91 Å². The Labute approximate surface area is 187 Å². The molecule has 166 valence electrons. The van der Waals surface area contributed by atoms with Gasteiger partial charge in [0.25, 0.3) is 5.91 Å². The number of carbonyl (C=O) groups excluding carboxylic acids is 1. The summed E-state index contributed by atoms with van der Waals surface area (Å²) in [6.45, 7) is 11.5. The molecule has 1 unspecified atom stereocenters. The van der Waals surface area contributed by atoms with Crippen molar-refractivity contribution in [3.8, 4) is 0 Å². The Hall–Kier alpha value is -2.40. The van der Waals surface area contributed by atoms with E-state index in [0.717, 1.165) is 70.0 Å². The van der Waals surface area contributed by atoms with Crippen molar-refractivity contribution in [2.75, 3.05) is 50.7 Å². The fourth-order valence-corrected chi connectivity index (χ4v) is 4.90. The van der Waals surface area contributed by atoms with Crippen LogP contribution in [0.5, 0.6) is 0 Å². The number of benzene rings is 1. The largest absolute Gasteiger partial charge is 0.354 e. The Morgan fingerprint density at radius 2 is 1.81 bits per heavy atom. The number of nitrogens with zero attached hydrogens (tertiary/aromatic N) is 4. The van der Waals surface area contributed by atoms with Crippen LogP contribution >= 0.6 is 0 Å². The van der Waals surface area contributed by atoms with Crippen molar-refractivity contribution in [3.05, 3.63) is 59.8 Å². The molecule has 5 heteroatoms. The Balaban J connectivity index is 1.27. The zero-order valence-corrected chi connectivity index (χ0v) is 19.0. The quantitative estimate of drug-likeness (QED) is 0.709. The van der Waals surface area contributed by atoms with Gasteiger partial charge in [0.05, 0.1) is 0 Å². The van der Waals surface area contributed by atoms with Crippen molar-refractivity contribution in [2.24, 2.45) is 11.8 Å². The van der Waals surface area contributed by atoms with Crippen LogP contribution < -0.4 is 4.90 Å². The molecule has 1 atom stereocenters. The molecule has 0 N–H and O–H groups in total. The average molecular weight is 421 g/mol. The van der Waals surface area contributed by atoms with E-state index in [2.05, 4.69) is 57.8 Å². The van der Waals surface area contributed by atoms with Crippen LogP contribution in [0.3, 0.4) is 0 Å². The molecule has 4 rings (SSSR count). The maximum atomic E-state index is 13.1. The second-order valence-corrected chi connectivity index (χ2v) is 9.53. The molecule has 1 amide bonds. The Morgan fingerprint density at radius 1 is 1.03 bits per heavy atom. The molecular weight excluding hydrogens is 384 g/mol. The lowest BCUT2D eigenvalue weighted by Crippen LogP contribution is -2.50. The minimum absolute atomic E-state index is 0.195. The first kappa shape index (κ1) is 21.8. The predicted molar refractivity (Wildman–Crippen MR) is 127 cm³/mol. The number of piperazine rings is 1. The molecule has 2 fully saturated rings. The predicted octanol–water partition coefficient (Wildman–Crippen LogP) is 3.95. The lowest BCUT2D eigenvalue weighted by molar-refractivity contribution is 0.0637. The van der Waals surface area contributed by atoms with Crippen LogP contribution in [-0.4, -0.2) is 66.5 Å². The van der Waals surface area contributed by atoms with Gasteiger partial charge in [-0.2, -0.15) is 0 Å². The normalized spacial score (nSPS) is 20.3. The third kappa shape index (κ3) is 5.85. The third-order valence-corrected chi connectivity index (χ3v) is 6.51. The molecule has 0 bridgehead atoms. The standard InChI is InChI=1S/C26H36N4O/c1-21(2)18-22-8-10-24(11-9-22)26(31)30-13-5-6-23(20-30)19-28-14-16-29(17-15-28)25-7-3-4-12-27-25/h3-4,7-12,21,23H,5-6,13-20H2,1-2H3. The number of piperidine rings is 1. The van der Waals surface area contributed by atoms with Crippen molar-refractivity contribution in [3.63, 3.8) is 0 Å². The van der Waals surface area contributed by atoms with Crippen molar-refractivity contribution in [1.82, 2.24) is 14.8 Å². The monoisotopic (exact) mass is 420 g/mol. The molecule has 31 heavy (non-hydrogen) atoms. The van der Waals surface area contributed by atoms with E-state index in [0.29, 0.717) is 11.8 Å². The summed E-state index contributed by atoms with van der Waals surface area (Å²) in [6.07, 6.45) is 5.26. The lowest BCUT2D eigenvalue weighted by Gasteiger charge is -2.39. The molecule has 0 spiro atoms. The molecule has 1 aromatic heterocycles. The molecule has 1 aromatic carbocycles. The van der Waals surface area contributed by atoms with Gasteiger partial charge in [-0.05, 0) is 60.9 Å². The van der Waals surface area contributed by atoms with E-state index in [4.69, 9.17) is 0 Å². The summed E-state index contributed by atoms with van der Waals surface area (Å²) in [6, 6.07) is 14.4. The summed E-state index contributed by atoms with van der Waals surface area (Å²) in [5, 5.41) is 0. The second kappa shape index (κ2) is 10.3. The van der Waals surface area contributed by atoms with E-state index in [1.54, 1.807) is 0 Å². The first-order valence-corrected chi connectivity index (χ1v) is 11.8. The summed E-state index contributed by atoms with van der Waals surface area (Å²) in [5.74, 6) is 2.48. The number of anilines is 1. The van der Waals surface area contributed by atoms with Crippen LogP contribution in [0, 0.1) is 11.8 Å². The number of aromatic nitrogens is 1. The van der Waals surface area contributed by atoms with Crippen LogP contribution in [0.2, 0.25) is 0 Å². The lowest BCUT2D eigenvalue weighted by atomic mass is 9.96. The zero-order chi connectivity index (χ0) is 21.6. The molecule has 0 aliphatic carbocycles. The van der Waals surface area contributed by atoms with Gasteiger partial charge in [-0.15, -0.1) is 0 Å². The van der Waals surface area contributed by atoms with E-state index in [1.165, 1.54) is 12.0 Å². The molecule has 5 nitrogen and oxygen atoms in total. The minimum Gasteiger partial charge on any atom is -0.354 e. The summed E-state index contributed by atoms with van der Waals surface area (Å²) in [4.78, 5) is 24.6. The SMILES string of the molecule is CC(C)Cc1ccc(C(=O)N2CCCC(CN3CCN(c4ccccn4)CC3)C2)cc1. The maximum absolute atomic E-state index is 13.1. The smallest absolute Gasteiger partial charge is 0.253 e. The van der Waals surface area contributed by atoms with E-state index in [9.17, 15) is 4.79 Å². The highest BCUT2D eigenvalue weighted by molar-refractivity contribution is 5.94. The Morgan fingerprint density at radius 3 is 2.48 bits per heavy atom. The number of likely N-dealkylation sites (tertiary alicyclic amines) is 1. The molecule has 2 aliphatic rings. The first-order valence-electron chi connectivity index (χ1n) is 11.8. The van der Waals surface area contributed by atoms with E-state index >= 15 is 0 Å². The molecular formula is C26H36N4O. The van der Waals surface area contributed by atoms with Gasteiger partial charge in [0.15, 0.2) is 0 Å². The number of hydrogen-bond donors (Lipinski definition) is 0. The van der Waals surface area contributed by atoms with E-state index in [1.807, 2.05) is 24.4 Å². The van der Waals surface area contributed by atoms with Gasteiger partial charge in [-0.1, -0.05) is 32.0 Å². The topological polar surface area (TPSA) is 39.7 Å². The Kier molecular flexibility index (Phi) is 7.23. The van der Waals surface area contributed by atoms with Gasteiger partial charge >= 0.3 is 0 Å². The molecule has 2 saturated heterocycles. The number of rotatable bonds is 6. The van der Waals surface area contributed by atoms with Gasteiger partial charge in [0.2, 0.25) is 0 Å². The first-order chi connectivity index (χ1) is 15.1. The molecule has 3 heterocycles. The van der Waals surface area contributed by atoms with Gasteiger partial charge in [-0.25, -0.2) is 4.98 Å². The van der Waals surface area contributed by atoms with Crippen LogP contribution in [0.25, 0.3) is 0 Å². The van der Waals surface area contributed by atoms with Crippen LogP contribution in [0.15, 0.2) is 48.7 Å².